The molecule has 1 heterocycles. The number of hydrogen-bond acceptors (Lipinski definition) is 4. The highest BCUT2D eigenvalue weighted by Gasteiger charge is 2.26. The van der Waals surface area contributed by atoms with Gasteiger partial charge in [0.05, 0.1) is 5.56 Å². The Balaban J connectivity index is 2.05. The second kappa shape index (κ2) is 6.13. The van der Waals surface area contributed by atoms with Crippen LogP contribution in [0.3, 0.4) is 0 Å². The maximum Gasteiger partial charge on any atom is 0.257 e. The average molecular weight is 278 g/mol. The van der Waals surface area contributed by atoms with E-state index in [1.165, 1.54) is 24.6 Å². The number of hydrogen-bond donors (Lipinski definition) is 2. The van der Waals surface area contributed by atoms with Gasteiger partial charge in [-0.25, -0.2) is 0 Å². The Hall–Kier alpha value is -1.75. The lowest BCUT2D eigenvalue weighted by atomic mass is 10.1. The number of likely N-dealkylation sites (tertiary alicyclic amines) is 1. The van der Waals surface area contributed by atoms with Crippen molar-refractivity contribution in [3.05, 3.63) is 23.8 Å². The molecule has 1 atom stereocenters. The predicted molar refractivity (Wildman–Crippen MR) is 77.0 cm³/mol. The summed E-state index contributed by atoms with van der Waals surface area (Å²) < 4.78 is 0. The Morgan fingerprint density at radius 1 is 1.45 bits per heavy atom. The van der Waals surface area contributed by atoms with Gasteiger partial charge >= 0.3 is 0 Å². The van der Waals surface area contributed by atoms with Crippen molar-refractivity contribution in [2.45, 2.75) is 25.8 Å². The van der Waals surface area contributed by atoms with Crippen molar-refractivity contribution in [1.82, 2.24) is 9.80 Å². The van der Waals surface area contributed by atoms with Crippen LogP contribution in [0.5, 0.6) is 11.5 Å². The molecule has 1 fully saturated rings. The third kappa shape index (κ3) is 3.04. The van der Waals surface area contributed by atoms with Crippen molar-refractivity contribution < 1.29 is 15.0 Å². The number of amides is 1. The molecule has 1 aliphatic heterocycles. The fourth-order valence-corrected chi connectivity index (χ4v) is 2.82. The predicted octanol–water partition coefficient (Wildman–Crippen LogP) is 1.65. The summed E-state index contributed by atoms with van der Waals surface area (Å²) in [6.07, 6.45) is 2.28. The van der Waals surface area contributed by atoms with E-state index in [1.807, 2.05) is 0 Å². The van der Waals surface area contributed by atoms with E-state index in [2.05, 4.69) is 11.8 Å². The van der Waals surface area contributed by atoms with Gasteiger partial charge in [-0.3, -0.25) is 9.69 Å². The highest BCUT2D eigenvalue weighted by molar-refractivity contribution is 5.96. The third-order valence-electron chi connectivity index (χ3n) is 3.95. The number of phenols is 2. The molecule has 1 aromatic carbocycles. The first-order valence-corrected chi connectivity index (χ1v) is 7.04. The highest BCUT2D eigenvalue weighted by Crippen LogP contribution is 2.24. The lowest BCUT2D eigenvalue weighted by Crippen LogP contribution is -2.41. The summed E-state index contributed by atoms with van der Waals surface area (Å²) in [5, 5.41) is 19.0. The first-order valence-electron chi connectivity index (χ1n) is 7.04. The SMILES string of the molecule is CCN1CCCC1CN(C)C(=O)c1ccc(O)cc1O. The van der Waals surface area contributed by atoms with Gasteiger partial charge in [0.1, 0.15) is 11.5 Å². The van der Waals surface area contributed by atoms with E-state index in [0.717, 1.165) is 19.5 Å². The van der Waals surface area contributed by atoms with E-state index in [0.29, 0.717) is 12.6 Å². The first-order chi connectivity index (χ1) is 9.52. The van der Waals surface area contributed by atoms with Crippen molar-refractivity contribution in [2.24, 2.45) is 0 Å². The number of carbonyl (C=O) groups is 1. The van der Waals surface area contributed by atoms with Crippen LogP contribution >= 0.6 is 0 Å². The molecule has 20 heavy (non-hydrogen) atoms. The largest absolute Gasteiger partial charge is 0.508 e. The Kier molecular flexibility index (Phi) is 4.49. The monoisotopic (exact) mass is 278 g/mol. The summed E-state index contributed by atoms with van der Waals surface area (Å²) in [5.41, 5.74) is 0.228. The van der Waals surface area contributed by atoms with Gasteiger partial charge < -0.3 is 15.1 Å². The van der Waals surface area contributed by atoms with Crippen molar-refractivity contribution in [3.8, 4) is 11.5 Å². The molecule has 0 saturated carbocycles. The number of aromatic hydroxyl groups is 2. The summed E-state index contributed by atoms with van der Waals surface area (Å²) in [6.45, 7) is 4.88. The zero-order valence-corrected chi connectivity index (χ0v) is 12.0. The van der Waals surface area contributed by atoms with E-state index in [4.69, 9.17) is 0 Å². The Labute approximate surface area is 119 Å². The molecule has 1 aromatic rings. The molecule has 0 bridgehead atoms. The van der Waals surface area contributed by atoms with E-state index < -0.39 is 0 Å². The molecular weight excluding hydrogens is 256 g/mol. The summed E-state index contributed by atoms with van der Waals surface area (Å²) in [7, 11) is 1.75. The Bertz CT molecular complexity index is 490. The minimum atomic E-state index is -0.217. The van der Waals surface area contributed by atoms with Crippen LogP contribution in [0.25, 0.3) is 0 Å². The van der Waals surface area contributed by atoms with Gasteiger partial charge in [0.15, 0.2) is 0 Å². The van der Waals surface area contributed by atoms with E-state index >= 15 is 0 Å². The molecule has 0 spiro atoms. The zero-order chi connectivity index (χ0) is 14.7. The van der Waals surface area contributed by atoms with Gasteiger partial charge in [-0.1, -0.05) is 6.92 Å². The maximum atomic E-state index is 12.3. The van der Waals surface area contributed by atoms with Crippen LogP contribution in [-0.4, -0.2) is 58.6 Å². The molecule has 2 N–H and O–H groups in total. The van der Waals surface area contributed by atoms with Gasteiger partial charge in [0.2, 0.25) is 0 Å². The normalized spacial score (nSPS) is 19.2. The van der Waals surface area contributed by atoms with Crippen LogP contribution in [0.4, 0.5) is 0 Å². The lowest BCUT2D eigenvalue weighted by molar-refractivity contribution is 0.0751. The molecule has 110 valence electrons. The van der Waals surface area contributed by atoms with Crippen molar-refractivity contribution in [2.75, 3.05) is 26.7 Å². The standard InChI is InChI=1S/C15H22N2O3/c1-3-17-8-4-5-11(17)10-16(2)15(20)13-7-6-12(18)9-14(13)19/h6-7,9,11,18-19H,3-5,8,10H2,1-2H3. The van der Waals surface area contributed by atoms with Crippen LogP contribution in [0, 0.1) is 0 Å². The fourth-order valence-electron chi connectivity index (χ4n) is 2.82. The van der Waals surface area contributed by atoms with Gasteiger partial charge in [0.25, 0.3) is 5.91 Å². The van der Waals surface area contributed by atoms with Crippen LogP contribution in [0.2, 0.25) is 0 Å². The number of phenolic OH excluding ortho intramolecular Hbond substituents is 2. The number of likely N-dealkylation sites (N-methyl/N-ethyl adjacent to an activating group) is 2. The minimum absolute atomic E-state index is 0.0466. The lowest BCUT2D eigenvalue weighted by Gasteiger charge is -2.28. The van der Waals surface area contributed by atoms with Crippen molar-refractivity contribution in [3.63, 3.8) is 0 Å². The van der Waals surface area contributed by atoms with Gasteiger partial charge in [-0.2, -0.15) is 0 Å². The smallest absolute Gasteiger partial charge is 0.257 e. The molecule has 2 rings (SSSR count). The van der Waals surface area contributed by atoms with Crippen LogP contribution in [0.1, 0.15) is 30.1 Å². The molecule has 1 saturated heterocycles. The van der Waals surface area contributed by atoms with Crippen LogP contribution in [0.15, 0.2) is 18.2 Å². The molecule has 0 aromatic heterocycles. The summed E-state index contributed by atoms with van der Waals surface area (Å²) >= 11 is 0. The van der Waals surface area contributed by atoms with E-state index in [1.54, 1.807) is 11.9 Å². The summed E-state index contributed by atoms with van der Waals surface area (Å²) in [6, 6.07) is 4.45. The van der Waals surface area contributed by atoms with Crippen molar-refractivity contribution in [1.29, 1.82) is 0 Å². The van der Waals surface area contributed by atoms with Crippen LogP contribution < -0.4 is 0 Å². The Morgan fingerprint density at radius 2 is 2.20 bits per heavy atom. The van der Waals surface area contributed by atoms with Crippen LogP contribution in [-0.2, 0) is 0 Å². The zero-order valence-electron chi connectivity index (χ0n) is 12.0. The number of nitrogens with zero attached hydrogens (tertiary/aromatic N) is 2. The molecule has 0 radical (unpaired) electrons. The quantitative estimate of drug-likeness (QED) is 0.879. The highest BCUT2D eigenvalue weighted by atomic mass is 16.3. The molecule has 5 nitrogen and oxygen atoms in total. The third-order valence-corrected chi connectivity index (χ3v) is 3.95. The Morgan fingerprint density at radius 3 is 2.85 bits per heavy atom. The fraction of sp³-hybridized carbons (Fsp3) is 0.533. The molecule has 5 heteroatoms. The molecule has 1 aliphatic rings. The van der Waals surface area contributed by atoms with Crippen molar-refractivity contribution >= 4 is 5.91 Å². The van der Waals surface area contributed by atoms with Gasteiger partial charge in [-0.05, 0) is 38.1 Å². The molecule has 1 amide bonds. The number of carbonyl (C=O) groups excluding carboxylic acids is 1. The van der Waals surface area contributed by atoms with E-state index in [-0.39, 0.29) is 23.0 Å². The minimum Gasteiger partial charge on any atom is -0.508 e. The van der Waals surface area contributed by atoms with Gasteiger partial charge in [0, 0.05) is 25.7 Å². The second-order valence-electron chi connectivity index (χ2n) is 5.31. The topological polar surface area (TPSA) is 64.0 Å². The number of benzene rings is 1. The molecule has 0 aliphatic carbocycles. The first kappa shape index (κ1) is 14.7. The summed E-state index contributed by atoms with van der Waals surface area (Å²) in [4.78, 5) is 16.3. The van der Waals surface area contributed by atoms with Gasteiger partial charge in [-0.15, -0.1) is 0 Å². The molecular formula is C15H22N2O3. The molecule has 1 unspecified atom stereocenters. The summed E-state index contributed by atoms with van der Waals surface area (Å²) in [5.74, 6) is -0.444. The second-order valence-corrected chi connectivity index (χ2v) is 5.31. The maximum absolute atomic E-state index is 12.3. The average Bonchev–Trinajstić information content (AvgIpc) is 2.85. The number of rotatable bonds is 4. The van der Waals surface area contributed by atoms with E-state index in [9.17, 15) is 15.0 Å².